The van der Waals surface area contributed by atoms with Crippen LogP contribution >= 0.6 is 11.8 Å². The molecule has 5 heteroatoms. The van der Waals surface area contributed by atoms with Crippen molar-refractivity contribution in [1.82, 2.24) is 0 Å². The molecule has 0 saturated carbocycles. The van der Waals surface area contributed by atoms with Crippen molar-refractivity contribution >= 4 is 29.1 Å². The van der Waals surface area contributed by atoms with Gasteiger partial charge in [-0.3, -0.25) is 0 Å². The highest BCUT2D eigenvalue weighted by molar-refractivity contribution is 7.99. The van der Waals surface area contributed by atoms with Crippen molar-refractivity contribution in [2.24, 2.45) is 5.92 Å². The molecule has 0 aliphatic carbocycles. The number of carbonyl (C=O) groups is 1. The second-order valence-corrected chi connectivity index (χ2v) is 6.41. The third kappa shape index (κ3) is 3.60. The Bertz CT molecular complexity index is 485. The summed E-state index contributed by atoms with van der Waals surface area (Å²) in [7, 11) is 1.37. The van der Waals surface area contributed by atoms with Crippen molar-refractivity contribution in [1.29, 1.82) is 0 Å². The molecule has 1 aromatic carbocycles. The number of esters is 1. The normalized spacial score (nSPS) is 15.9. The first kappa shape index (κ1) is 15.0. The van der Waals surface area contributed by atoms with E-state index in [0.29, 0.717) is 11.3 Å². The second-order valence-electron chi connectivity index (χ2n) is 5.18. The molecule has 3 N–H and O–H groups in total. The average Bonchev–Trinajstić information content (AvgIpc) is 2.48. The van der Waals surface area contributed by atoms with E-state index < -0.39 is 0 Å². The van der Waals surface area contributed by atoms with Crippen LogP contribution in [0.3, 0.4) is 0 Å². The monoisotopic (exact) mass is 294 g/mol. The average molecular weight is 294 g/mol. The largest absolute Gasteiger partial charge is 0.465 e. The fraction of sp³-hybridized carbons (Fsp3) is 0.533. The van der Waals surface area contributed by atoms with Crippen LogP contribution < -0.4 is 11.1 Å². The molecule has 4 nitrogen and oxygen atoms in total. The van der Waals surface area contributed by atoms with Gasteiger partial charge in [0.1, 0.15) is 0 Å². The molecule has 1 heterocycles. The Morgan fingerprint density at radius 1 is 1.45 bits per heavy atom. The van der Waals surface area contributed by atoms with Gasteiger partial charge >= 0.3 is 5.97 Å². The van der Waals surface area contributed by atoms with Crippen LogP contribution in [0.4, 0.5) is 11.4 Å². The number of nitrogen functional groups attached to an aromatic ring is 1. The SMILES string of the molecule is COC(=O)c1cc(NCC2CCSCC2)cc(C)c1N. The summed E-state index contributed by atoms with van der Waals surface area (Å²) in [6.07, 6.45) is 2.52. The van der Waals surface area contributed by atoms with E-state index in [1.54, 1.807) is 6.07 Å². The van der Waals surface area contributed by atoms with Crippen LogP contribution in [0.2, 0.25) is 0 Å². The molecule has 1 aliphatic heterocycles. The number of nitrogens with one attached hydrogen (secondary N) is 1. The third-order valence-corrected chi connectivity index (χ3v) is 4.78. The lowest BCUT2D eigenvalue weighted by Crippen LogP contribution is -2.19. The minimum Gasteiger partial charge on any atom is -0.465 e. The summed E-state index contributed by atoms with van der Waals surface area (Å²) in [6, 6.07) is 3.77. The summed E-state index contributed by atoms with van der Waals surface area (Å²) in [5, 5.41) is 3.43. The van der Waals surface area contributed by atoms with E-state index in [2.05, 4.69) is 5.32 Å². The number of anilines is 2. The third-order valence-electron chi connectivity index (χ3n) is 3.73. The molecule has 20 heavy (non-hydrogen) atoms. The first-order valence-corrected chi connectivity index (χ1v) is 8.07. The summed E-state index contributed by atoms with van der Waals surface area (Å²) in [4.78, 5) is 11.7. The molecule has 0 spiro atoms. The molecule has 0 bridgehead atoms. The van der Waals surface area contributed by atoms with Gasteiger partial charge in [-0.05, 0) is 54.9 Å². The molecular weight excluding hydrogens is 272 g/mol. The summed E-state index contributed by atoms with van der Waals surface area (Å²) < 4.78 is 4.77. The lowest BCUT2D eigenvalue weighted by molar-refractivity contribution is 0.0602. The number of rotatable bonds is 4. The molecule has 0 atom stereocenters. The second kappa shape index (κ2) is 6.88. The van der Waals surface area contributed by atoms with Crippen LogP contribution in [0.25, 0.3) is 0 Å². The lowest BCUT2D eigenvalue weighted by Gasteiger charge is -2.22. The molecule has 1 saturated heterocycles. The summed E-state index contributed by atoms with van der Waals surface area (Å²) in [6.45, 7) is 2.86. The Morgan fingerprint density at radius 2 is 2.15 bits per heavy atom. The van der Waals surface area contributed by atoms with E-state index in [1.807, 2.05) is 24.8 Å². The highest BCUT2D eigenvalue weighted by atomic mass is 32.2. The zero-order chi connectivity index (χ0) is 14.5. The van der Waals surface area contributed by atoms with Crippen LogP contribution in [-0.4, -0.2) is 31.1 Å². The fourth-order valence-corrected chi connectivity index (χ4v) is 3.60. The van der Waals surface area contributed by atoms with E-state index in [4.69, 9.17) is 10.5 Å². The van der Waals surface area contributed by atoms with Gasteiger partial charge in [0.05, 0.1) is 12.7 Å². The number of hydrogen-bond donors (Lipinski definition) is 2. The first-order chi connectivity index (χ1) is 9.61. The Labute approximate surface area is 124 Å². The minimum absolute atomic E-state index is 0.386. The topological polar surface area (TPSA) is 64.3 Å². The lowest BCUT2D eigenvalue weighted by atomic mass is 10.0. The number of nitrogens with two attached hydrogens (primary N) is 1. The Kier molecular flexibility index (Phi) is 5.17. The van der Waals surface area contributed by atoms with Crippen LogP contribution in [0, 0.1) is 12.8 Å². The Morgan fingerprint density at radius 3 is 2.80 bits per heavy atom. The summed E-state index contributed by atoms with van der Waals surface area (Å²) in [5.74, 6) is 2.83. The van der Waals surface area contributed by atoms with Crippen molar-refractivity contribution in [2.45, 2.75) is 19.8 Å². The van der Waals surface area contributed by atoms with Gasteiger partial charge in [-0.25, -0.2) is 4.79 Å². The maximum absolute atomic E-state index is 11.7. The molecule has 1 aliphatic rings. The van der Waals surface area contributed by atoms with Crippen LogP contribution in [-0.2, 0) is 4.74 Å². The molecule has 110 valence electrons. The quantitative estimate of drug-likeness (QED) is 0.660. The van der Waals surface area contributed by atoms with Crippen molar-refractivity contribution in [2.75, 3.05) is 36.2 Å². The number of benzene rings is 1. The number of aryl methyl sites for hydroxylation is 1. The maximum atomic E-state index is 11.7. The highest BCUT2D eigenvalue weighted by Crippen LogP contribution is 2.26. The van der Waals surface area contributed by atoms with Crippen molar-refractivity contribution < 1.29 is 9.53 Å². The van der Waals surface area contributed by atoms with Crippen molar-refractivity contribution in [3.63, 3.8) is 0 Å². The van der Waals surface area contributed by atoms with Crippen LogP contribution in [0.15, 0.2) is 12.1 Å². The van der Waals surface area contributed by atoms with E-state index in [-0.39, 0.29) is 5.97 Å². The zero-order valence-corrected chi connectivity index (χ0v) is 12.9. The molecule has 0 unspecified atom stereocenters. The van der Waals surface area contributed by atoms with E-state index in [1.165, 1.54) is 31.5 Å². The van der Waals surface area contributed by atoms with Crippen LogP contribution in [0.5, 0.6) is 0 Å². The zero-order valence-electron chi connectivity index (χ0n) is 12.1. The van der Waals surface area contributed by atoms with Crippen molar-refractivity contribution in [3.05, 3.63) is 23.3 Å². The predicted octanol–water partition coefficient (Wildman–Crippen LogP) is 2.92. The van der Waals surface area contributed by atoms with Crippen LogP contribution in [0.1, 0.15) is 28.8 Å². The molecule has 2 rings (SSSR count). The molecular formula is C15H22N2O2S. The fourth-order valence-electron chi connectivity index (χ4n) is 2.39. The highest BCUT2D eigenvalue weighted by Gasteiger charge is 2.16. The maximum Gasteiger partial charge on any atom is 0.340 e. The van der Waals surface area contributed by atoms with Gasteiger partial charge in [-0.1, -0.05) is 0 Å². The molecule has 0 amide bonds. The number of hydrogen-bond acceptors (Lipinski definition) is 5. The van der Waals surface area contributed by atoms with Gasteiger partial charge in [-0.15, -0.1) is 0 Å². The number of ether oxygens (including phenoxy) is 1. The Hall–Kier alpha value is -1.36. The van der Waals surface area contributed by atoms with Gasteiger partial charge in [0.15, 0.2) is 0 Å². The van der Waals surface area contributed by atoms with E-state index in [9.17, 15) is 4.79 Å². The molecule has 0 radical (unpaired) electrons. The van der Waals surface area contributed by atoms with E-state index >= 15 is 0 Å². The smallest absolute Gasteiger partial charge is 0.340 e. The van der Waals surface area contributed by atoms with Gasteiger partial charge < -0.3 is 15.8 Å². The number of methoxy groups -OCH3 is 1. The molecule has 1 aromatic rings. The van der Waals surface area contributed by atoms with Crippen molar-refractivity contribution in [3.8, 4) is 0 Å². The summed E-state index contributed by atoms with van der Waals surface area (Å²) >= 11 is 2.03. The molecule has 1 fully saturated rings. The molecule has 0 aromatic heterocycles. The number of thioether (sulfide) groups is 1. The first-order valence-electron chi connectivity index (χ1n) is 6.92. The standard InChI is InChI=1S/C15H22N2O2S/c1-10-7-12(8-13(14(10)16)15(18)19-2)17-9-11-3-5-20-6-4-11/h7-8,11,17H,3-6,9,16H2,1-2H3. The predicted molar refractivity (Wildman–Crippen MR) is 85.5 cm³/mol. The number of carbonyl (C=O) groups excluding carboxylic acids is 1. The van der Waals surface area contributed by atoms with Gasteiger partial charge in [0, 0.05) is 17.9 Å². The van der Waals surface area contributed by atoms with Gasteiger partial charge in [0.2, 0.25) is 0 Å². The van der Waals surface area contributed by atoms with Gasteiger partial charge in [-0.2, -0.15) is 11.8 Å². The minimum atomic E-state index is -0.386. The van der Waals surface area contributed by atoms with Gasteiger partial charge in [0.25, 0.3) is 0 Å². The van der Waals surface area contributed by atoms with E-state index in [0.717, 1.165) is 23.7 Å². The summed E-state index contributed by atoms with van der Waals surface area (Å²) in [5.41, 5.74) is 8.71. The Balaban J connectivity index is 2.07.